The van der Waals surface area contributed by atoms with E-state index in [0.717, 1.165) is 48.3 Å². The van der Waals surface area contributed by atoms with Gasteiger partial charge in [0.05, 0.1) is 27.7 Å². The van der Waals surface area contributed by atoms with Gasteiger partial charge in [0.15, 0.2) is 0 Å². The third-order valence-electron chi connectivity index (χ3n) is 7.08. The van der Waals surface area contributed by atoms with Crippen molar-refractivity contribution in [3.63, 3.8) is 0 Å². The Balaban J connectivity index is 1.64. The number of aromatic nitrogens is 1. The minimum absolute atomic E-state index is 0.0773. The van der Waals surface area contributed by atoms with Crippen LogP contribution in [0.5, 0.6) is 0 Å². The summed E-state index contributed by atoms with van der Waals surface area (Å²) >= 11 is 6.92. The lowest BCUT2D eigenvalue weighted by atomic mass is 10.0. The molecule has 2 aliphatic rings. The summed E-state index contributed by atoms with van der Waals surface area (Å²) in [5.74, 6) is -0.152. The van der Waals surface area contributed by atoms with Gasteiger partial charge in [-0.25, -0.2) is 0 Å². The number of carbonyl (C=O) groups excluding carboxylic acids is 1. The van der Waals surface area contributed by atoms with Crippen LogP contribution in [0.4, 0.5) is 5.69 Å². The van der Waals surface area contributed by atoms with Crippen LogP contribution in [0.15, 0.2) is 64.3 Å². The zero-order chi connectivity index (χ0) is 25.4. The average molecular weight is 519 g/mol. The minimum atomic E-state index is -0.189. The van der Waals surface area contributed by atoms with E-state index in [0.29, 0.717) is 21.3 Å². The molecule has 1 unspecified atom stereocenters. The lowest BCUT2D eigenvalue weighted by Gasteiger charge is -2.35. The average Bonchev–Trinajstić information content (AvgIpc) is 3.17. The van der Waals surface area contributed by atoms with Crippen LogP contribution in [0.2, 0.25) is 0 Å². The molecule has 1 aromatic heterocycles. The van der Waals surface area contributed by atoms with Gasteiger partial charge in [-0.3, -0.25) is 14.5 Å². The molecule has 5 rings (SSSR count). The van der Waals surface area contributed by atoms with Crippen LogP contribution in [0, 0.1) is 0 Å². The number of piperazine rings is 1. The largest absolute Gasteiger partial charge is 0.368 e. The van der Waals surface area contributed by atoms with Crippen molar-refractivity contribution in [2.24, 2.45) is 0 Å². The van der Waals surface area contributed by atoms with Gasteiger partial charge in [-0.15, -0.1) is 0 Å². The van der Waals surface area contributed by atoms with Crippen LogP contribution in [0.25, 0.3) is 17.0 Å². The number of fused-ring (bicyclic) bond motifs is 1. The number of hydrogen-bond acceptors (Lipinski definition) is 6. The Bertz CT molecular complexity index is 1410. The number of hydrogen-bond donors (Lipinski definition) is 0. The van der Waals surface area contributed by atoms with E-state index in [-0.39, 0.29) is 17.5 Å². The predicted molar refractivity (Wildman–Crippen MR) is 153 cm³/mol. The van der Waals surface area contributed by atoms with E-state index in [1.165, 1.54) is 11.8 Å². The van der Waals surface area contributed by atoms with E-state index in [1.807, 2.05) is 62.4 Å². The van der Waals surface area contributed by atoms with Crippen molar-refractivity contribution in [1.82, 2.24) is 14.4 Å². The fourth-order valence-corrected chi connectivity index (χ4v) is 6.45. The maximum Gasteiger partial charge on any atom is 0.266 e. The number of anilines is 1. The second kappa shape index (κ2) is 10.2. The monoisotopic (exact) mass is 518 g/mol. The number of aryl methyl sites for hydroxylation is 1. The van der Waals surface area contributed by atoms with Crippen molar-refractivity contribution in [2.75, 3.05) is 38.1 Å². The Labute approximate surface area is 221 Å². The number of para-hydroxylation sites is 1. The van der Waals surface area contributed by atoms with Gasteiger partial charge in [0.1, 0.15) is 4.32 Å². The zero-order valence-corrected chi connectivity index (χ0v) is 22.4. The second-order valence-electron chi connectivity index (χ2n) is 9.26. The molecule has 6 nitrogen and oxygen atoms in total. The summed E-state index contributed by atoms with van der Waals surface area (Å²) in [6, 6.07) is 17.8. The first-order valence-corrected chi connectivity index (χ1v) is 13.5. The molecular weight excluding hydrogens is 488 g/mol. The molecule has 8 heteroatoms. The molecule has 2 saturated heterocycles. The number of thioether (sulfide) groups is 1. The van der Waals surface area contributed by atoms with Gasteiger partial charge < -0.3 is 14.4 Å². The number of rotatable bonds is 5. The molecule has 1 atom stereocenters. The molecule has 3 aromatic rings. The number of carbonyl (C=O) groups is 1. The van der Waals surface area contributed by atoms with Gasteiger partial charge in [0, 0.05) is 38.1 Å². The van der Waals surface area contributed by atoms with Crippen LogP contribution in [0.3, 0.4) is 0 Å². The Hall–Kier alpha value is -2.94. The van der Waals surface area contributed by atoms with E-state index < -0.39 is 0 Å². The van der Waals surface area contributed by atoms with Crippen LogP contribution in [-0.4, -0.2) is 57.8 Å². The molecule has 2 fully saturated rings. The van der Waals surface area contributed by atoms with E-state index in [2.05, 4.69) is 22.9 Å². The highest BCUT2D eigenvalue weighted by Gasteiger charge is 2.36. The molecule has 2 aromatic carbocycles. The maximum atomic E-state index is 13.9. The Kier molecular flexibility index (Phi) is 7.01. The van der Waals surface area contributed by atoms with Crippen molar-refractivity contribution < 1.29 is 4.79 Å². The molecule has 186 valence electrons. The summed E-state index contributed by atoms with van der Waals surface area (Å²) in [6.45, 7) is 8.00. The van der Waals surface area contributed by atoms with E-state index in [9.17, 15) is 9.59 Å². The molecule has 0 N–H and O–H groups in total. The number of benzene rings is 2. The standard InChI is InChI=1S/C28H30N4O2S2/c1-4-31-23-13-9-8-12-21(23)25(30-16-14-29(3)15-17-30)22(26(31)33)18-24-27(34)32(28(35)36-24)19(2)20-10-6-5-7-11-20/h5-13,18-19H,4,14-17H2,1-3H3. The van der Waals surface area contributed by atoms with Crippen molar-refractivity contribution >= 4 is 56.9 Å². The van der Waals surface area contributed by atoms with Crippen LogP contribution in [0.1, 0.15) is 31.0 Å². The summed E-state index contributed by atoms with van der Waals surface area (Å²) in [5, 5.41) is 1.03. The highest BCUT2D eigenvalue weighted by atomic mass is 32.2. The summed E-state index contributed by atoms with van der Waals surface area (Å²) in [7, 11) is 2.12. The third-order valence-corrected chi connectivity index (χ3v) is 8.42. The van der Waals surface area contributed by atoms with Gasteiger partial charge >= 0.3 is 0 Å². The number of amides is 1. The summed E-state index contributed by atoms with van der Waals surface area (Å²) in [6.07, 6.45) is 1.78. The predicted octanol–water partition coefficient (Wildman–Crippen LogP) is 4.74. The summed E-state index contributed by atoms with van der Waals surface area (Å²) in [5.41, 5.74) is 3.34. The number of likely N-dealkylation sites (N-methyl/N-ethyl adjacent to an activating group) is 1. The van der Waals surface area contributed by atoms with Gasteiger partial charge in [-0.1, -0.05) is 72.5 Å². The molecule has 0 spiro atoms. The van der Waals surface area contributed by atoms with E-state index in [1.54, 1.807) is 15.5 Å². The van der Waals surface area contributed by atoms with Crippen molar-refractivity contribution in [2.45, 2.75) is 26.4 Å². The normalized spacial score (nSPS) is 19.0. The summed E-state index contributed by atoms with van der Waals surface area (Å²) in [4.78, 5) is 34.2. The Morgan fingerprint density at radius 2 is 1.67 bits per heavy atom. The summed E-state index contributed by atoms with van der Waals surface area (Å²) < 4.78 is 2.31. The highest BCUT2D eigenvalue weighted by Crippen LogP contribution is 2.39. The first-order chi connectivity index (χ1) is 17.4. The molecule has 2 aliphatic heterocycles. The third kappa shape index (κ3) is 4.38. The van der Waals surface area contributed by atoms with Gasteiger partial charge in [-0.05, 0) is 38.6 Å². The number of nitrogens with zero attached hydrogens (tertiary/aromatic N) is 4. The fraction of sp³-hybridized carbons (Fsp3) is 0.321. The Morgan fingerprint density at radius 3 is 2.36 bits per heavy atom. The Morgan fingerprint density at radius 1 is 1.00 bits per heavy atom. The first kappa shape index (κ1) is 24.7. The van der Waals surface area contributed by atoms with Crippen molar-refractivity contribution in [1.29, 1.82) is 0 Å². The molecule has 0 saturated carbocycles. The van der Waals surface area contributed by atoms with Crippen molar-refractivity contribution in [3.8, 4) is 0 Å². The smallest absolute Gasteiger partial charge is 0.266 e. The zero-order valence-electron chi connectivity index (χ0n) is 20.8. The van der Waals surface area contributed by atoms with Crippen LogP contribution >= 0.6 is 24.0 Å². The molecule has 0 bridgehead atoms. The van der Waals surface area contributed by atoms with E-state index >= 15 is 0 Å². The minimum Gasteiger partial charge on any atom is -0.368 e. The lowest BCUT2D eigenvalue weighted by Crippen LogP contribution is -2.45. The van der Waals surface area contributed by atoms with Crippen LogP contribution < -0.4 is 10.5 Å². The van der Waals surface area contributed by atoms with Gasteiger partial charge in [0.2, 0.25) is 0 Å². The fourth-order valence-electron chi connectivity index (χ4n) is 5.05. The number of thiocarbonyl (C=S) groups is 1. The molecule has 1 amide bonds. The van der Waals surface area contributed by atoms with E-state index in [4.69, 9.17) is 12.2 Å². The first-order valence-electron chi connectivity index (χ1n) is 12.3. The highest BCUT2D eigenvalue weighted by molar-refractivity contribution is 8.26. The quantitative estimate of drug-likeness (QED) is 0.359. The maximum absolute atomic E-state index is 13.9. The number of pyridine rings is 1. The van der Waals surface area contributed by atoms with Crippen molar-refractivity contribution in [3.05, 3.63) is 81.0 Å². The van der Waals surface area contributed by atoms with Gasteiger partial charge in [-0.2, -0.15) is 0 Å². The lowest BCUT2D eigenvalue weighted by molar-refractivity contribution is -0.123. The molecule has 0 aliphatic carbocycles. The second-order valence-corrected chi connectivity index (χ2v) is 10.9. The molecule has 3 heterocycles. The topological polar surface area (TPSA) is 48.8 Å². The molecule has 36 heavy (non-hydrogen) atoms. The SMILES string of the molecule is CCn1c(=O)c(C=C2SC(=S)N(C(C)c3ccccc3)C2=O)c(N2CCN(C)CC2)c2ccccc21. The van der Waals surface area contributed by atoms with Gasteiger partial charge in [0.25, 0.3) is 11.5 Å². The molecular formula is C28H30N4O2S2. The van der Waals surface area contributed by atoms with Crippen LogP contribution in [-0.2, 0) is 11.3 Å². The molecule has 0 radical (unpaired) electrons.